The molecule has 188 valence electrons. The first-order valence-corrected chi connectivity index (χ1v) is 11.6. The number of aromatic nitrogens is 6. The smallest absolute Gasteiger partial charge is 0.269 e. The Kier molecular flexibility index (Phi) is 5.34. The maximum absolute atomic E-state index is 14.8. The zero-order chi connectivity index (χ0) is 26.6. The molecule has 0 saturated carbocycles. The molecule has 0 amide bonds. The maximum atomic E-state index is 14.8. The maximum Gasteiger partial charge on any atom is 0.269 e. The lowest BCUT2D eigenvalue weighted by molar-refractivity contribution is 0.432. The van der Waals surface area contributed by atoms with Gasteiger partial charge in [0.2, 0.25) is 0 Å². The Balaban J connectivity index is 1.65. The molecule has 6 aromatic rings. The zero-order valence-electron chi connectivity index (χ0n) is 19.9. The van der Waals surface area contributed by atoms with Crippen LogP contribution in [0.3, 0.4) is 0 Å². The van der Waals surface area contributed by atoms with Gasteiger partial charge in [-0.25, -0.2) is 28.4 Å². The van der Waals surface area contributed by atoms with Crippen molar-refractivity contribution in [2.75, 3.05) is 5.73 Å². The van der Waals surface area contributed by atoms with E-state index in [9.17, 15) is 18.7 Å². The molecule has 3 heterocycles. The van der Waals surface area contributed by atoms with E-state index in [0.717, 1.165) is 6.07 Å². The van der Waals surface area contributed by atoms with Gasteiger partial charge in [0.15, 0.2) is 17.2 Å². The lowest BCUT2D eigenvalue weighted by atomic mass is 10.1. The summed E-state index contributed by atoms with van der Waals surface area (Å²) in [6, 6.07) is 16.2. The quantitative estimate of drug-likeness (QED) is 0.360. The largest absolute Gasteiger partial charge is 0.505 e. The Hall–Kier alpha value is -5.19. The van der Waals surface area contributed by atoms with Gasteiger partial charge in [-0.3, -0.25) is 9.36 Å². The normalized spacial score (nSPS) is 12.3. The van der Waals surface area contributed by atoms with Crippen molar-refractivity contribution in [3.63, 3.8) is 0 Å². The minimum atomic E-state index is -0.829. The van der Waals surface area contributed by atoms with Crippen molar-refractivity contribution in [2.45, 2.75) is 13.0 Å². The predicted molar refractivity (Wildman–Crippen MR) is 138 cm³/mol. The minimum Gasteiger partial charge on any atom is -0.505 e. The summed E-state index contributed by atoms with van der Waals surface area (Å²) in [5, 5.41) is 14.6. The molecule has 1 atom stereocenters. The lowest BCUT2D eigenvalue weighted by Gasteiger charge is -2.19. The summed E-state index contributed by atoms with van der Waals surface area (Å²) in [4.78, 5) is 26.8. The monoisotopic (exact) mass is 511 g/mol. The topological polar surface area (TPSA) is 125 Å². The molecular weight excluding hydrogens is 492 g/mol. The van der Waals surface area contributed by atoms with Crippen LogP contribution in [0.1, 0.15) is 18.8 Å². The number of halogens is 2. The average molecular weight is 511 g/mol. The number of nitrogens with zero attached hydrogens (tertiary/aromatic N) is 6. The molecule has 3 N–H and O–H groups in total. The first-order valence-electron chi connectivity index (χ1n) is 11.6. The number of hydrogen-bond donors (Lipinski definition) is 2. The molecule has 9 nitrogen and oxygen atoms in total. The molecule has 0 spiro atoms. The third-order valence-corrected chi connectivity index (χ3v) is 6.37. The molecular formula is C27H19F2N7O2. The standard InChI is InChI=1S/C27H19F2N7O2/c1-14(25-33-19-9-5-8-17(28)21(19)27(38)35(25)16-6-3-2-4-7-16)36-26-22(24(30)31-13-32-26)23(34-36)15-10-11-20(37)18(29)12-15/h2-14,37H,1H3,(H2,30,31,32)/t14-/m0/s1. The van der Waals surface area contributed by atoms with E-state index in [4.69, 9.17) is 5.73 Å². The Bertz CT molecular complexity index is 1920. The van der Waals surface area contributed by atoms with Crippen molar-refractivity contribution < 1.29 is 13.9 Å². The third-order valence-electron chi connectivity index (χ3n) is 6.37. The van der Waals surface area contributed by atoms with Crippen LogP contribution >= 0.6 is 0 Å². The molecule has 0 bridgehead atoms. The highest BCUT2D eigenvalue weighted by Gasteiger charge is 2.26. The highest BCUT2D eigenvalue weighted by atomic mass is 19.1. The van der Waals surface area contributed by atoms with Crippen LogP contribution in [0.25, 0.3) is 38.9 Å². The summed E-state index contributed by atoms with van der Waals surface area (Å²) in [5.74, 6) is -1.62. The van der Waals surface area contributed by atoms with Gasteiger partial charge < -0.3 is 10.8 Å². The van der Waals surface area contributed by atoms with Crippen LogP contribution < -0.4 is 11.3 Å². The fourth-order valence-electron chi connectivity index (χ4n) is 4.54. The summed E-state index contributed by atoms with van der Waals surface area (Å²) in [6.45, 7) is 1.76. The molecule has 6 rings (SSSR count). The highest BCUT2D eigenvalue weighted by molar-refractivity contribution is 5.98. The number of para-hydroxylation sites is 1. The van der Waals surface area contributed by atoms with E-state index in [1.54, 1.807) is 43.3 Å². The van der Waals surface area contributed by atoms with Crippen LogP contribution in [-0.2, 0) is 0 Å². The SMILES string of the molecule is C[C@@H](c1nc2cccc(F)c2c(=O)n1-c1ccccc1)n1nc(-c2ccc(O)c(F)c2)c2c(N)ncnc21. The summed E-state index contributed by atoms with van der Waals surface area (Å²) in [5.41, 5.74) is 7.24. The van der Waals surface area contributed by atoms with E-state index in [2.05, 4.69) is 20.1 Å². The molecule has 0 aliphatic rings. The fraction of sp³-hybridized carbons (Fsp3) is 0.0741. The van der Waals surface area contributed by atoms with E-state index >= 15 is 0 Å². The van der Waals surface area contributed by atoms with Gasteiger partial charge in [-0.2, -0.15) is 5.10 Å². The number of hydrogen-bond acceptors (Lipinski definition) is 7. The van der Waals surface area contributed by atoms with Crippen molar-refractivity contribution in [3.05, 3.63) is 101 Å². The number of rotatable bonds is 4. The van der Waals surface area contributed by atoms with Gasteiger partial charge in [0.1, 0.15) is 40.9 Å². The van der Waals surface area contributed by atoms with Gasteiger partial charge in [-0.05, 0) is 49.4 Å². The summed E-state index contributed by atoms with van der Waals surface area (Å²) < 4.78 is 31.8. The van der Waals surface area contributed by atoms with Crippen LogP contribution in [0.15, 0.2) is 77.9 Å². The Morgan fingerprint density at radius 1 is 0.947 bits per heavy atom. The van der Waals surface area contributed by atoms with Gasteiger partial charge in [-0.15, -0.1) is 0 Å². The van der Waals surface area contributed by atoms with E-state index in [-0.39, 0.29) is 28.2 Å². The van der Waals surface area contributed by atoms with Crippen molar-refractivity contribution in [3.8, 4) is 22.7 Å². The molecule has 0 unspecified atom stereocenters. The molecule has 0 saturated heterocycles. The van der Waals surface area contributed by atoms with E-state index < -0.39 is 29.0 Å². The van der Waals surface area contributed by atoms with Crippen molar-refractivity contribution in [2.24, 2.45) is 0 Å². The van der Waals surface area contributed by atoms with Crippen LogP contribution in [-0.4, -0.2) is 34.4 Å². The second-order valence-electron chi connectivity index (χ2n) is 8.67. The van der Waals surface area contributed by atoms with Crippen LogP contribution in [0.5, 0.6) is 5.75 Å². The highest BCUT2D eigenvalue weighted by Crippen LogP contribution is 2.34. The van der Waals surface area contributed by atoms with Crippen molar-refractivity contribution >= 4 is 27.8 Å². The first-order chi connectivity index (χ1) is 18.3. The van der Waals surface area contributed by atoms with Gasteiger partial charge >= 0.3 is 0 Å². The number of aromatic hydroxyl groups is 1. The molecule has 3 aromatic heterocycles. The van der Waals surface area contributed by atoms with Gasteiger partial charge in [0.25, 0.3) is 5.56 Å². The summed E-state index contributed by atoms with van der Waals surface area (Å²) in [7, 11) is 0. The predicted octanol–water partition coefficient (Wildman–Crippen LogP) is 4.37. The van der Waals surface area contributed by atoms with Gasteiger partial charge in [0, 0.05) is 5.56 Å². The van der Waals surface area contributed by atoms with Crippen LogP contribution in [0, 0.1) is 11.6 Å². The number of nitrogen functional groups attached to an aromatic ring is 1. The molecule has 3 aromatic carbocycles. The minimum absolute atomic E-state index is 0.117. The van der Waals surface area contributed by atoms with Gasteiger partial charge in [-0.1, -0.05) is 24.3 Å². The Labute approximate surface area is 213 Å². The molecule has 0 aliphatic carbocycles. The summed E-state index contributed by atoms with van der Waals surface area (Å²) in [6.07, 6.45) is 1.28. The molecule has 38 heavy (non-hydrogen) atoms. The molecule has 0 aliphatic heterocycles. The second-order valence-corrected chi connectivity index (χ2v) is 8.67. The van der Waals surface area contributed by atoms with Crippen LogP contribution in [0.4, 0.5) is 14.6 Å². The van der Waals surface area contributed by atoms with E-state index in [1.807, 2.05) is 0 Å². The van der Waals surface area contributed by atoms with Crippen molar-refractivity contribution in [1.29, 1.82) is 0 Å². The van der Waals surface area contributed by atoms with Crippen molar-refractivity contribution in [1.82, 2.24) is 29.3 Å². The number of fused-ring (bicyclic) bond motifs is 2. The second kappa shape index (κ2) is 8.73. The zero-order valence-corrected chi connectivity index (χ0v) is 19.9. The number of benzene rings is 3. The van der Waals surface area contributed by atoms with Gasteiger partial charge in [0.05, 0.1) is 16.6 Å². The Morgan fingerprint density at radius 2 is 1.74 bits per heavy atom. The first kappa shape index (κ1) is 23.2. The Morgan fingerprint density at radius 3 is 2.50 bits per heavy atom. The molecule has 0 fully saturated rings. The number of anilines is 1. The third kappa shape index (κ3) is 3.55. The average Bonchev–Trinajstić information content (AvgIpc) is 3.31. The van der Waals surface area contributed by atoms with Crippen LogP contribution in [0.2, 0.25) is 0 Å². The summed E-state index contributed by atoms with van der Waals surface area (Å²) >= 11 is 0. The van der Waals surface area contributed by atoms with E-state index in [1.165, 1.54) is 39.8 Å². The lowest BCUT2D eigenvalue weighted by Crippen LogP contribution is -2.28. The number of phenols is 1. The number of nitrogens with two attached hydrogens (primary N) is 1. The van der Waals surface area contributed by atoms with E-state index in [0.29, 0.717) is 22.3 Å². The molecule has 11 heteroatoms. The fourth-order valence-corrected chi connectivity index (χ4v) is 4.54. The number of phenolic OH excluding ortho intramolecular Hbond substituents is 1. The molecule has 0 radical (unpaired) electrons.